The third-order valence-electron chi connectivity index (χ3n) is 3.33. The quantitative estimate of drug-likeness (QED) is 0.370. The molecular formula is C18H30FN3O2. The van der Waals surface area contributed by atoms with Crippen molar-refractivity contribution in [2.45, 2.75) is 33.2 Å². The second-order valence-corrected chi connectivity index (χ2v) is 5.47. The van der Waals surface area contributed by atoms with Crippen molar-refractivity contribution in [3.8, 4) is 5.75 Å². The number of nitrogens with one attached hydrogen (secondary N) is 2. The zero-order valence-electron chi connectivity index (χ0n) is 15.0. The number of alkyl halides is 1. The van der Waals surface area contributed by atoms with Crippen LogP contribution in [0.5, 0.6) is 5.75 Å². The van der Waals surface area contributed by atoms with Crippen LogP contribution < -0.4 is 15.4 Å². The van der Waals surface area contributed by atoms with Crippen LogP contribution in [0.15, 0.2) is 23.2 Å². The highest BCUT2D eigenvalue weighted by Gasteiger charge is 2.05. The molecule has 0 atom stereocenters. The Kier molecular flexibility index (Phi) is 10.6. The van der Waals surface area contributed by atoms with Gasteiger partial charge in [0.05, 0.1) is 19.8 Å². The normalized spacial score (nSPS) is 11.4. The Balaban J connectivity index is 2.70. The summed E-state index contributed by atoms with van der Waals surface area (Å²) in [7, 11) is 1.69. The molecule has 0 aliphatic heterocycles. The molecule has 0 bridgehead atoms. The standard InChI is InChI=1S/C18H30FN3O2/c1-4-20-18(21-10-5-9-19)22-14-16-8-7-15(2)13-17(16)24-12-6-11-23-3/h7-8,13H,4-6,9-12,14H2,1-3H3,(H2,20,21,22). The summed E-state index contributed by atoms with van der Waals surface area (Å²) < 4.78 is 23.1. The van der Waals surface area contributed by atoms with Crippen LogP contribution in [0.25, 0.3) is 0 Å². The summed E-state index contributed by atoms with van der Waals surface area (Å²) in [4.78, 5) is 4.56. The monoisotopic (exact) mass is 339 g/mol. The summed E-state index contributed by atoms with van der Waals surface area (Å²) in [6, 6.07) is 6.12. The number of hydrogen-bond donors (Lipinski definition) is 2. The minimum atomic E-state index is -0.330. The second-order valence-electron chi connectivity index (χ2n) is 5.47. The van der Waals surface area contributed by atoms with Gasteiger partial charge in [-0.15, -0.1) is 0 Å². The van der Waals surface area contributed by atoms with E-state index >= 15 is 0 Å². The van der Waals surface area contributed by atoms with E-state index in [1.54, 1.807) is 7.11 Å². The van der Waals surface area contributed by atoms with E-state index in [4.69, 9.17) is 9.47 Å². The van der Waals surface area contributed by atoms with Crippen molar-refractivity contribution in [3.63, 3.8) is 0 Å². The van der Waals surface area contributed by atoms with Crippen LogP contribution in [-0.2, 0) is 11.3 Å². The molecule has 0 saturated carbocycles. The lowest BCUT2D eigenvalue weighted by molar-refractivity contribution is 0.172. The molecule has 0 unspecified atom stereocenters. The minimum Gasteiger partial charge on any atom is -0.493 e. The summed E-state index contributed by atoms with van der Waals surface area (Å²) in [6.45, 7) is 6.84. The molecule has 0 saturated heterocycles. The van der Waals surface area contributed by atoms with Crippen molar-refractivity contribution in [1.29, 1.82) is 0 Å². The van der Waals surface area contributed by atoms with E-state index in [-0.39, 0.29) is 6.67 Å². The van der Waals surface area contributed by atoms with Gasteiger partial charge >= 0.3 is 0 Å². The van der Waals surface area contributed by atoms with E-state index in [0.29, 0.717) is 38.7 Å². The number of halogens is 1. The first-order chi connectivity index (χ1) is 11.7. The molecule has 0 fully saturated rings. The molecule has 24 heavy (non-hydrogen) atoms. The molecule has 1 rings (SSSR count). The van der Waals surface area contributed by atoms with Gasteiger partial charge in [-0.1, -0.05) is 12.1 Å². The average molecular weight is 339 g/mol. The molecule has 6 heteroatoms. The van der Waals surface area contributed by atoms with Crippen LogP contribution in [0.4, 0.5) is 4.39 Å². The minimum absolute atomic E-state index is 0.330. The van der Waals surface area contributed by atoms with Crippen molar-refractivity contribution in [1.82, 2.24) is 10.6 Å². The Bertz CT molecular complexity index is 495. The van der Waals surface area contributed by atoms with Gasteiger partial charge < -0.3 is 20.1 Å². The van der Waals surface area contributed by atoms with Crippen molar-refractivity contribution in [2.24, 2.45) is 4.99 Å². The molecule has 0 aromatic heterocycles. The molecule has 0 radical (unpaired) electrons. The molecule has 0 aliphatic rings. The summed E-state index contributed by atoms with van der Waals surface area (Å²) in [5, 5.41) is 6.29. The molecule has 0 aliphatic carbocycles. The predicted octanol–water partition coefficient (Wildman–Crippen LogP) is 2.83. The van der Waals surface area contributed by atoms with Crippen LogP contribution in [0, 0.1) is 6.92 Å². The summed E-state index contributed by atoms with van der Waals surface area (Å²) in [6.07, 6.45) is 1.32. The number of aliphatic imine (C=N–C) groups is 1. The van der Waals surface area contributed by atoms with Gasteiger partial charge in [-0.2, -0.15) is 0 Å². The van der Waals surface area contributed by atoms with Crippen LogP contribution in [0.3, 0.4) is 0 Å². The number of rotatable bonds is 11. The predicted molar refractivity (Wildman–Crippen MR) is 96.6 cm³/mol. The van der Waals surface area contributed by atoms with Crippen molar-refractivity contribution in [2.75, 3.05) is 40.1 Å². The number of guanidine groups is 1. The van der Waals surface area contributed by atoms with Gasteiger partial charge in [0, 0.05) is 38.8 Å². The van der Waals surface area contributed by atoms with E-state index < -0.39 is 0 Å². The fraction of sp³-hybridized carbons (Fsp3) is 0.611. The van der Waals surface area contributed by atoms with Crippen molar-refractivity contribution >= 4 is 5.96 Å². The van der Waals surface area contributed by atoms with E-state index in [9.17, 15) is 4.39 Å². The number of nitrogens with zero attached hydrogens (tertiary/aromatic N) is 1. The van der Waals surface area contributed by atoms with Gasteiger partial charge in [0.1, 0.15) is 5.75 Å². The molecule has 1 aromatic carbocycles. The zero-order chi connectivity index (χ0) is 17.6. The van der Waals surface area contributed by atoms with E-state index in [0.717, 1.165) is 29.8 Å². The van der Waals surface area contributed by atoms with Gasteiger partial charge in [-0.05, 0) is 31.9 Å². The first kappa shape index (κ1) is 20.2. The maximum Gasteiger partial charge on any atom is 0.191 e. The number of aryl methyl sites for hydroxylation is 1. The largest absolute Gasteiger partial charge is 0.493 e. The molecule has 5 nitrogen and oxygen atoms in total. The first-order valence-corrected chi connectivity index (χ1v) is 8.50. The Morgan fingerprint density at radius 2 is 2.04 bits per heavy atom. The number of benzene rings is 1. The van der Waals surface area contributed by atoms with Crippen molar-refractivity contribution < 1.29 is 13.9 Å². The number of hydrogen-bond acceptors (Lipinski definition) is 3. The smallest absolute Gasteiger partial charge is 0.191 e. The lowest BCUT2D eigenvalue weighted by atomic mass is 10.1. The Morgan fingerprint density at radius 1 is 1.21 bits per heavy atom. The van der Waals surface area contributed by atoms with E-state index in [1.807, 2.05) is 26.0 Å². The van der Waals surface area contributed by atoms with E-state index in [1.165, 1.54) is 0 Å². The van der Waals surface area contributed by atoms with Crippen LogP contribution in [-0.4, -0.2) is 46.0 Å². The van der Waals surface area contributed by atoms with Crippen LogP contribution in [0.2, 0.25) is 0 Å². The summed E-state index contributed by atoms with van der Waals surface area (Å²) >= 11 is 0. The fourth-order valence-corrected chi connectivity index (χ4v) is 2.09. The summed E-state index contributed by atoms with van der Waals surface area (Å²) in [5.74, 6) is 1.55. The summed E-state index contributed by atoms with van der Waals surface area (Å²) in [5.41, 5.74) is 2.18. The maximum atomic E-state index is 12.2. The van der Waals surface area contributed by atoms with E-state index in [2.05, 4.69) is 21.7 Å². The molecular weight excluding hydrogens is 309 g/mol. The molecule has 136 valence electrons. The van der Waals surface area contributed by atoms with Gasteiger partial charge in [0.2, 0.25) is 0 Å². The number of ether oxygens (including phenoxy) is 2. The Hall–Kier alpha value is -1.82. The molecule has 1 aromatic rings. The maximum absolute atomic E-state index is 12.2. The topological polar surface area (TPSA) is 54.9 Å². The fourth-order valence-electron chi connectivity index (χ4n) is 2.09. The third-order valence-corrected chi connectivity index (χ3v) is 3.33. The Labute approximate surface area is 144 Å². The highest BCUT2D eigenvalue weighted by molar-refractivity contribution is 5.79. The van der Waals surface area contributed by atoms with Crippen molar-refractivity contribution in [3.05, 3.63) is 29.3 Å². The van der Waals surface area contributed by atoms with Crippen LogP contribution in [0.1, 0.15) is 30.9 Å². The lowest BCUT2D eigenvalue weighted by Gasteiger charge is -2.13. The Morgan fingerprint density at radius 3 is 2.75 bits per heavy atom. The first-order valence-electron chi connectivity index (χ1n) is 8.50. The van der Waals surface area contributed by atoms with Gasteiger partial charge in [-0.25, -0.2) is 4.99 Å². The third kappa shape index (κ3) is 8.15. The SMILES string of the molecule is CCNC(=NCc1ccc(C)cc1OCCCOC)NCCCF. The van der Waals surface area contributed by atoms with Gasteiger partial charge in [-0.3, -0.25) is 4.39 Å². The zero-order valence-corrected chi connectivity index (χ0v) is 15.0. The molecule has 0 amide bonds. The highest BCUT2D eigenvalue weighted by atomic mass is 19.1. The molecule has 0 spiro atoms. The lowest BCUT2D eigenvalue weighted by Crippen LogP contribution is -2.37. The molecule has 2 N–H and O–H groups in total. The second kappa shape index (κ2) is 12.6. The van der Waals surface area contributed by atoms with Crippen LogP contribution >= 0.6 is 0 Å². The molecule has 0 heterocycles. The highest BCUT2D eigenvalue weighted by Crippen LogP contribution is 2.21. The average Bonchev–Trinajstić information content (AvgIpc) is 2.58. The number of methoxy groups -OCH3 is 1. The van der Waals surface area contributed by atoms with Gasteiger partial charge in [0.15, 0.2) is 5.96 Å². The van der Waals surface area contributed by atoms with Gasteiger partial charge in [0.25, 0.3) is 0 Å².